The Morgan fingerprint density at radius 1 is 1.26 bits per heavy atom. The van der Waals surface area contributed by atoms with Gasteiger partial charge in [-0.2, -0.15) is 4.98 Å². The molecular formula is C12H14Cl2N4O. The van der Waals surface area contributed by atoms with E-state index in [1.807, 2.05) is 13.8 Å². The molecule has 2 aromatic rings. The zero-order chi connectivity index (χ0) is 14.0. The number of aromatic nitrogens is 2. The molecular weight excluding hydrogens is 287 g/mol. The number of hydrogen-bond donors (Lipinski definition) is 2. The van der Waals surface area contributed by atoms with Crippen LogP contribution in [0.5, 0.6) is 0 Å². The van der Waals surface area contributed by atoms with Gasteiger partial charge in [-0.3, -0.25) is 0 Å². The fourth-order valence-electron chi connectivity index (χ4n) is 1.40. The summed E-state index contributed by atoms with van der Waals surface area (Å²) in [7, 11) is 0. The van der Waals surface area contributed by atoms with Crippen LogP contribution < -0.4 is 11.1 Å². The second kappa shape index (κ2) is 5.36. The molecule has 1 aromatic carbocycles. The molecule has 3 N–H and O–H groups in total. The van der Waals surface area contributed by atoms with Crippen molar-refractivity contribution in [2.75, 3.05) is 11.9 Å². The van der Waals surface area contributed by atoms with Crippen LogP contribution in [0.4, 0.5) is 6.01 Å². The van der Waals surface area contributed by atoms with Gasteiger partial charge >= 0.3 is 6.01 Å². The summed E-state index contributed by atoms with van der Waals surface area (Å²) >= 11 is 11.9. The fraction of sp³-hybridized carbons (Fsp3) is 0.333. The summed E-state index contributed by atoms with van der Waals surface area (Å²) in [5, 5.41) is 7.87. The molecule has 0 amide bonds. The standard InChI is InChI=1S/C12H14Cl2N4O/c1-12(2,15)6-16-11-17-10(18-19-11)7-3-8(13)5-9(14)4-7/h3-5H,6,15H2,1-2H3,(H,16,17,18). The number of nitrogens with two attached hydrogens (primary N) is 1. The van der Waals surface area contributed by atoms with E-state index in [0.717, 1.165) is 0 Å². The third-order valence-electron chi connectivity index (χ3n) is 2.24. The normalized spacial score (nSPS) is 11.6. The molecule has 102 valence electrons. The number of anilines is 1. The molecule has 0 unspecified atom stereocenters. The third-order valence-corrected chi connectivity index (χ3v) is 2.68. The van der Waals surface area contributed by atoms with Crippen molar-refractivity contribution in [3.05, 3.63) is 28.2 Å². The average molecular weight is 301 g/mol. The van der Waals surface area contributed by atoms with Crippen LogP contribution in [-0.4, -0.2) is 22.2 Å². The first-order chi connectivity index (χ1) is 8.83. The maximum atomic E-state index is 5.93. The number of nitrogens with zero attached hydrogens (tertiary/aromatic N) is 2. The van der Waals surface area contributed by atoms with Crippen LogP contribution in [0.25, 0.3) is 11.4 Å². The molecule has 0 fully saturated rings. The summed E-state index contributed by atoms with van der Waals surface area (Å²) in [6, 6.07) is 5.39. The van der Waals surface area contributed by atoms with Crippen LogP contribution in [0, 0.1) is 0 Å². The van der Waals surface area contributed by atoms with E-state index in [1.54, 1.807) is 18.2 Å². The highest BCUT2D eigenvalue weighted by Gasteiger charge is 2.14. The number of benzene rings is 1. The lowest BCUT2D eigenvalue weighted by Crippen LogP contribution is -2.39. The molecule has 5 nitrogen and oxygen atoms in total. The molecule has 0 spiro atoms. The van der Waals surface area contributed by atoms with Crippen LogP contribution in [0.15, 0.2) is 22.7 Å². The van der Waals surface area contributed by atoms with Crippen molar-refractivity contribution in [1.82, 2.24) is 10.1 Å². The van der Waals surface area contributed by atoms with E-state index in [9.17, 15) is 0 Å². The van der Waals surface area contributed by atoms with Gasteiger partial charge in [-0.05, 0) is 32.0 Å². The highest BCUT2D eigenvalue weighted by molar-refractivity contribution is 6.35. The Morgan fingerprint density at radius 3 is 2.47 bits per heavy atom. The second-order valence-corrected chi connectivity index (χ2v) is 5.80. The Morgan fingerprint density at radius 2 is 1.89 bits per heavy atom. The van der Waals surface area contributed by atoms with Crippen molar-refractivity contribution in [2.45, 2.75) is 19.4 Å². The van der Waals surface area contributed by atoms with Crippen molar-refractivity contribution in [3.63, 3.8) is 0 Å². The summed E-state index contributed by atoms with van der Waals surface area (Å²) in [6.45, 7) is 4.31. The van der Waals surface area contributed by atoms with Crippen LogP contribution in [0.1, 0.15) is 13.8 Å². The van der Waals surface area contributed by atoms with E-state index >= 15 is 0 Å². The largest absolute Gasteiger partial charge is 0.336 e. The van der Waals surface area contributed by atoms with Crippen molar-refractivity contribution in [3.8, 4) is 11.4 Å². The molecule has 0 atom stereocenters. The first-order valence-electron chi connectivity index (χ1n) is 5.66. The Hall–Kier alpha value is -1.30. The molecule has 0 aliphatic heterocycles. The van der Waals surface area contributed by atoms with Crippen molar-refractivity contribution < 1.29 is 4.52 Å². The first kappa shape index (κ1) is 14.1. The predicted molar refractivity (Wildman–Crippen MR) is 76.5 cm³/mol. The van der Waals surface area contributed by atoms with E-state index in [0.29, 0.717) is 34.0 Å². The summed E-state index contributed by atoms with van der Waals surface area (Å²) in [4.78, 5) is 4.20. The van der Waals surface area contributed by atoms with Crippen LogP contribution in [0.2, 0.25) is 10.0 Å². The lowest BCUT2D eigenvalue weighted by Gasteiger charge is -2.17. The monoisotopic (exact) mass is 300 g/mol. The molecule has 1 heterocycles. The summed E-state index contributed by atoms with van der Waals surface area (Å²) < 4.78 is 5.08. The molecule has 19 heavy (non-hydrogen) atoms. The lowest BCUT2D eigenvalue weighted by molar-refractivity contribution is 0.426. The molecule has 0 saturated carbocycles. The number of halogens is 2. The molecule has 0 radical (unpaired) electrons. The van der Waals surface area contributed by atoms with Crippen molar-refractivity contribution in [1.29, 1.82) is 0 Å². The van der Waals surface area contributed by atoms with Gasteiger partial charge in [-0.1, -0.05) is 28.4 Å². The van der Waals surface area contributed by atoms with E-state index in [2.05, 4.69) is 15.5 Å². The Bertz CT molecular complexity index is 557. The Kier molecular flexibility index (Phi) is 3.99. The SMILES string of the molecule is CC(C)(N)CNc1nc(-c2cc(Cl)cc(Cl)c2)no1. The van der Waals surface area contributed by atoms with Gasteiger partial charge in [0.15, 0.2) is 0 Å². The smallest absolute Gasteiger partial charge is 0.321 e. The molecule has 0 aliphatic carbocycles. The first-order valence-corrected chi connectivity index (χ1v) is 6.42. The minimum absolute atomic E-state index is 0.310. The fourth-order valence-corrected chi connectivity index (χ4v) is 1.92. The number of nitrogens with one attached hydrogen (secondary N) is 1. The molecule has 2 rings (SSSR count). The maximum absolute atomic E-state index is 5.93. The van der Waals surface area contributed by atoms with Gasteiger partial charge in [0.1, 0.15) is 0 Å². The summed E-state index contributed by atoms with van der Waals surface area (Å²) in [5.41, 5.74) is 6.18. The lowest BCUT2D eigenvalue weighted by atomic mass is 10.1. The molecule has 0 saturated heterocycles. The van der Waals surface area contributed by atoms with Gasteiger partial charge in [0.2, 0.25) is 5.82 Å². The van der Waals surface area contributed by atoms with Crippen LogP contribution >= 0.6 is 23.2 Å². The van der Waals surface area contributed by atoms with Gasteiger partial charge in [0.05, 0.1) is 0 Å². The van der Waals surface area contributed by atoms with Crippen molar-refractivity contribution >= 4 is 29.2 Å². The van der Waals surface area contributed by atoms with Gasteiger partial charge in [-0.15, -0.1) is 0 Å². The van der Waals surface area contributed by atoms with Gasteiger partial charge in [0, 0.05) is 27.7 Å². The third kappa shape index (κ3) is 4.09. The molecule has 7 heteroatoms. The zero-order valence-corrected chi connectivity index (χ0v) is 12.1. The minimum atomic E-state index is -0.367. The topological polar surface area (TPSA) is 77.0 Å². The van der Waals surface area contributed by atoms with Crippen molar-refractivity contribution in [2.24, 2.45) is 5.73 Å². The Labute approximate surface area is 121 Å². The van der Waals surface area contributed by atoms with Crippen LogP contribution in [-0.2, 0) is 0 Å². The van der Waals surface area contributed by atoms with Gasteiger partial charge in [0.25, 0.3) is 0 Å². The predicted octanol–water partition coefficient (Wildman–Crippen LogP) is 3.19. The van der Waals surface area contributed by atoms with Crippen LogP contribution in [0.3, 0.4) is 0 Å². The van der Waals surface area contributed by atoms with E-state index in [4.69, 9.17) is 33.5 Å². The number of hydrogen-bond acceptors (Lipinski definition) is 5. The maximum Gasteiger partial charge on any atom is 0.321 e. The molecule has 0 bridgehead atoms. The van der Waals surface area contributed by atoms with E-state index < -0.39 is 0 Å². The van der Waals surface area contributed by atoms with E-state index in [1.165, 1.54) is 0 Å². The summed E-state index contributed by atoms with van der Waals surface area (Å²) in [6.07, 6.45) is 0. The quantitative estimate of drug-likeness (QED) is 0.907. The number of rotatable bonds is 4. The Balaban J connectivity index is 2.16. The second-order valence-electron chi connectivity index (χ2n) is 4.92. The van der Waals surface area contributed by atoms with Gasteiger partial charge in [-0.25, -0.2) is 0 Å². The summed E-state index contributed by atoms with van der Waals surface area (Å²) in [5.74, 6) is 0.418. The molecule has 1 aromatic heterocycles. The minimum Gasteiger partial charge on any atom is -0.336 e. The zero-order valence-electron chi connectivity index (χ0n) is 10.6. The van der Waals surface area contributed by atoms with Gasteiger partial charge < -0.3 is 15.6 Å². The molecule has 0 aliphatic rings. The highest BCUT2D eigenvalue weighted by atomic mass is 35.5. The highest BCUT2D eigenvalue weighted by Crippen LogP contribution is 2.26. The van der Waals surface area contributed by atoms with E-state index in [-0.39, 0.29) is 5.54 Å². The average Bonchev–Trinajstić information content (AvgIpc) is 2.72.